The number of hydrogen-bond donors (Lipinski definition) is 1. The summed E-state index contributed by atoms with van der Waals surface area (Å²) >= 11 is 0. The number of rotatable bonds is 5. The molecule has 0 radical (unpaired) electrons. The quantitative estimate of drug-likeness (QED) is 0.680. The lowest BCUT2D eigenvalue weighted by Gasteiger charge is -1.91. The summed E-state index contributed by atoms with van der Waals surface area (Å²) in [5, 5.41) is 3.71. The average Bonchev–Trinajstić information content (AvgIpc) is 2.50. The van der Waals surface area contributed by atoms with Crippen molar-refractivity contribution in [2.45, 2.75) is 20.0 Å². The number of nitrogens with zero attached hydrogens (tertiary/aromatic N) is 2. The standard InChI is InChI=1S/C7H13N3O2/c1-2-11-5-6-9-7(3-4-8)12-10-6/h2-5,8H2,1H3. The molecule has 0 aliphatic heterocycles. The Hall–Kier alpha value is -0.940. The van der Waals surface area contributed by atoms with E-state index in [1.54, 1.807) is 0 Å². The molecule has 0 amide bonds. The summed E-state index contributed by atoms with van der Waals surface area (Å²) in [6, 6.07) is 0. The van der Waals surface area contributed by atoms with E-state index in [2.05, 4.69) is 10.1 Å². The van der Waals surface area contributed by atoms with Crippen molar-refractivity contribution in [1.29, 1.82) is 0 Å². The van der Waals surface area contributed by atoms with Crippen molar-refractivity contribution < 1.29 is 9.26 Å². The van der Waals surface area contributed by atoms with Crippen molar-refractivity contribution in [2.75, 3.05) is 13.2 Å². The molecule has 0 saturated carbocycles. The summed E-state index contributed by atoms with van der Waals surface area (Å²) < 4.78 is 9.98. The fraction of sp³-hybridized carbons (Fsp3) is 0.714. The zero-order valence-corrected chi connectivity index (χ0v) is 7.12. The van der Waals surface area contributed by atoms with Gasteiger partial charge in [-0.05, 0) is 6.92 Å². The highest BCUT2D eigenvalue weighted by atomic mass is 16.5. The SMILES string of the molecule is CCOCc1noc(CCN)n1. The first kappa shape index (κ1) is 9.15. The Morgan fingerprint density at radius 2 is 2.42 bits per heavy atom. The van der Waals surface area contributed by atoms with Crippen LogP contribution in [-0.2, 0) is 17.8 Å². The summed E-state index contributed by atoms with van der Waals surface area (Å²) in [6.07, 6.45) is 0.624. The Balaban J connectivity index is 2.41. The van der Waals surface area contributed by atoms with Crippen molar-refractivity contribution in [3.63, 3.8) is 0 Å². The van der Waals surface area contributed by atoms with E-state index in [1.807, 2.05) is 6.92 Å². The van der Waals surface area contributed by atoms with Gasteiger partial charge in [0.05, 0.1) is 0 Å². The molecule has 2 N–H and O–H groups in total. The monoisotopic (exact) mass is 171 g/mol. The van der Waals surface area contributed by atoms with Crippen LogP contribution in [0.5, 0.6) is 0 Å². The van der Waals surface area contributed by atoms with Gasteiger partial charge in [0, 0.05) is 19.6 Å². The molecule has 0 fully saturated rings. The maximum atomic E-state index is 5.31. The second kappa shape index (κ2) is 4.84. The minimum atomic E-state index is 0.407. The van der Waals surface area contributed by atoms with Gasteiger partial charge in [-0.1, -0.05) is 5.16 Å². The fourth-order valence-electron chi connectivity index (χ4n) is 0.767. The van der Waals surface area contributed by atoms with Gasteiger partial charge in [0.2, 0.25) is 5.89 Å². The summed E-state index contributed by atoms with van der Waals surface area (Å²) in [5.41, 5.74) is 5.31. The molecule has 0 saturated heterocycles. The van der Waals surface area contributed by atoms with E-state index in [1.165, 1.54) is 0 Å². The molecular formula is C7H13N3O2. The van der Waals surface area contributed by atoms with Crippen LogP contribution in [0.3, 0.4) is 0 Å². The van der Waals surface area contributed by atoms with E-state index in [-0.39, 0.29) is 0 Å². The van der Waals surface area contributed by atoms with Crippen LogP contribution in [0.2, 0.25) is 0 Å². The third kappa shape index (κ3) is 2.60. The molecule has 0 aromatic carbocycles. The number of ether oxygens (including phenoxy) is 1. The number of aromatic nitrogens is 2. The number of nitrogens with two attached hydrogens (primary N) is 1. The summed E-state index contributed by atoms with van der Waals surface area (Å²) in [5.74, 6) is 1.16. The zero-order valence-electron chi connectivity index (χ0n) is 7.12. The lowest BCUT2D eigenvalue weighted by Crippen LogP contribution is -2.03. The minimum absolute atomic E-state index is 0.407. The molecule has 1 aromatic heterocycles. The molecule has 0 aliphatic carbocycles. The van der Waals surface area contributed by atoms with Gasteiger partial charge in [-0.15, -0.1) is 0 Å². The Bertz CT molecular complexity index is 224. The molecule has 5 nitrogen and oxygen atoms in total. The van der Waals surface area contributed by atoms with Gasteiger partial charge in [-0.2, -0.15) is 4.98 Å². The van der Waals surface area contributed by atoms with Crippen LogP contribution in [0.1, 0.15) is 18.6 Å². The molecule has 0 aliphatic rings. The second-order valence-corrected chi connectivity index (χ2v) is 2.28. The van der Waals surface area contributed by atoms with Crippen molar-refractivity contribution in [3.05, 3.63) is 11.7 Å². The van der Waals surface area contributed by atoms with Crippen LogP contribution >= 0.6 is 0 Å². The van der Waals surface area contributed by atoms with E-state index in [0.717, 1.165) is 0 Å². The Morgan fingerprint density at radius 1 is 1.58 bits per heavy atom. The van der Waals surface area contributed by atoms with Crippen molar-refractivity contribution in [2.24, 2.45) is 5.73 Å². The fourth-order valence-corrected chi connectivity index (χ4v) is 0.767. The normalized spacial score (nSPS) is 10.5. The van der Waals surface area contributed by atoms with Gasteiger partial charge in [-0.25, -0.2) is 0 Å². The van der Waals surface area contributed by atoms with E-state index >= 15 is 0 Å². The van der Waals surface area contributed by atoms with Crippen molar-refractivity contribution in [1.82, 2.24) is 10.1 Å². The highest BCUT2D eigenvalue weighted by molar-refractivity contribution is 4.84. The van der Waals surface area contributed by atoms with Gasteiger partial charge in [0.1, 0.15) is 6.61 Å². The lowest BCUT2D eigenvalue weighted by atomic mass is 10.4. The van der Waals surface area contributed by atoms with Crippen molar-refractivity contribution in [3.8, 4) is 0 Å². The summed E-state index contributed by atoms with van der Waals surface area (Å²) in [4.78, 5) is 4.05. The molecule has 1 heterocycles. The maximum Gasteiger partial charge on any atom is 0.228 e. The zero-order chi connectivity index (χ0) is 8.81. The Labute approximate surface area is 70.9 Å². The first-order valence-corrected chi connectivity index (χ1v) is 3.96. The summed E-state index contributed by atoms with van der Waals surface area (Å²) in [6.45, 7) is 3.50. The smallest absolute Gasteiger partial charge is 0.228 e. The first-order valence-electron chi connectivity index (χ1n) is 3.96. The molecule has 0 spiro atoms. The van der Waals surface area contributed by atoms with E-state index in [4.69, 9.17) is 15.0 Å². The molecule has 68 valence electrons. The van der Waals surface area contributed by atoms with Gasteiger partial charge >= 0.3 is 0 Å². The first-order chi connectivity index (χ1) is 5.86. The maximum absolute atomic E-state index is 5.31. The largest absolute Gasteiger partial charge is 0.374 e. The molecule has 0 bridgehead atoms. The molecule has 12 heavy (non-hydrogen) atoms. The van der Waals surface area contributed by atoms with Gasteiger partial charge < -0.3 is 15.0 Å². The number of hydrogen-bond acceptors (Lipinski definition) is 5. The predicted molar refractivity (Wildman–Crippen MR) is 42.4 cm³/mol. The van der Waals surface area contributed by atoms with Gasteiger partial charge in [0.15, 0.2) is 5.82 Å². The van der Waals surface area contributed by atoms with Crippen molar-refractivity contribution >= 4 is 0 Å². The van der Waals surface area contributed by atoms with Crippen LogP contribution < -0.4 is 5.73 Å². The Morgan fingerprint density at radius 3 is 3.08 bits per heavy atom. The van der Waals surface area contributed by atoms with Crippen LogP contribution in [0, 0.1) is 0 Å². The third-order valence-electron chi connectivity index (χ3n) is 1.30. The van der Waals surface area contributed by atoms with Crippen LogP contribution in [0.4, 0.5) is 0 Å². The van der Waals surface area contributed by atoms with Gasteiger partial charge in [-0.3, -0.25) is 0 Å². The topological polar surface area (TPSA) is 74.2 Å². The highest BCUT2D eigenvalue weighted by Gasteiger charge is 2.03. The molecule has 5 heteroatoms. The molecule has 0 unspecified atom stereocenters. The molecule has 1 aromatic rings. The van der Waals surface area contributed by atoms with Gasteiger partial charge in [0.25, 0.3) is 0 Å². The minimum Gasteiger partial charge on any atom is -0.374 e. The molecule has 0 atom stereocenters. The van der Waals surface area contributed by atoms with E-state index < -0.39 is 0 Å². The van der Waals surface area contributed by atoms with Crippen LogP contribution in [-0.4, -0.2) is 23.3 Å². The Kier molecular flexibility index (Phi) is 3.69. The van der Waals surface area contributed by atoms with Crippen LogP contribution in [0.15, 0.2) is 4.52 Å². The summed E-state index contributed by atoms with van der Waals surface area (Å²) in [7, 11) is 0. The highest BCUT2D eigenvalue weighted by Crippen LogP contribution is 1.98. The molecule has 1 rings (SSSR count). The second-order valence-electron chi connectivity index (χ2n) is 2.28. The van der Waals surface area contributed by atoms with Crippen LogP contribution in [0.25, 0.3) is 0 Å². The lowest BCUT2D eigenvalue weighted by molar-refractivity contribution is 0.126. The van der Waals surface area contributed by atoms with E-state index in [0.29, 0.717) is 37.9 Å². The average molecular weight is 171 g/mol. The third-order valence-corrected chi connectivity index (χ3v) is 1.30. The van der Waals surface area contributed by atoms with E-state index in [9.17, 15) is 0 Å². The molecular weight excluding hydrogens is 158 g/mol. The predicted octanol–water partition coefficient (Wildman–Crippen LogP) is 0.107.